The van der Waals surface area contributed by atoms with Crippen molar-refractivity contribution in [1.29, 1.82) is 0 Å². The Kier molecular flexibility index (Phi) is 6.58. The number of hydrogen-bond acceptors (Lipinski definition) is 4. The molecule has 5 heteroatoms. The standard InChI is InChI=1S/C12H24N4S/c1-5-7-13-11(9-17-10(3)4)12-8-14-15-16(12)6-2/h8,10-11,13H,5-7,9H2,1-4H3. The summed E-state index contributed by atoms with van der Waals surface area (Å²) in [5, 5.41) is 12.4. The fourth-order valence-electron chi connectivity index (χ4n) is 1.64. The predicted molar refractivity (Wildman–Crippen MR) is 74.3 cm³/mol. The van der Waals surface area contributed by atoms with Gasteiger partial charge in [0, 0.05) is 12.3 Å². The van der Waals surface area contributed by atoms with Gasteiger partial charge < -0.3 is 5.32 Å². The lowest BCUT2D eigenvalue weighted by Crippen LogP contribution is -2.27. The van der Waals surface area contributed by atoms with Gasteiger partial charge in [-0.3, -0.25) is 0 Å². The van der Waals surface area contributed by atoms with Crippen LogP contribution in [-0.2, 0) is 6.54 Å². The molecule has 0 aromatic carbocycles. The van der Waals surface area contributed by atoms with Crippen molar-refractivity contribution in [2.45, 2.75) is 52.0 Å². The van der Waals surface area contributed by atoms with Crippen LogP contribution in [0.4, 0.5) is 0 Å². The topological polar surface area (TPSA) is 42.7 Å². The van der Waals surface area contributed by atoms with Crippen LogP contribution in [0.5, 0.6) is 0 Å². The van der Waals surface area contributed by atoms with Crippen molar-refractivity contribution in [3.63, 3.8) is 0 Å². The van der Waals surface area contributed by atoms with E-state index in [0.29, 0.717) is 11.3 Å². The minimum absolute atomic E-state index is 0.359. The Labute approximate surface area is 109 Å². The third-order valence-corrected chi connectivity index (χ3v) is 3.73. The molecule has 17 heavy (non-hydrogen) atoms. The molecular formula is C12H24N4S. The van der Waals surface area contributed by atoms with Crippen molar-refractivity contribution in [1.82, 2.24) is 20.3 Å². The molecule has 0 aliphatic heterocycles. The Bertz CT molecular complexity index is 311. The number of thioether (sulfide) groups is 1. The maximum absolute atomic E-state index is 4.11. The highest BCUT2D eigenvalue weighted by atomic mass is 32.2. The predicted octanol–water partition coefficient (Wildman–Crippen LogP) is 2.48. The summed E-state index contributed by atoms with van der Waals surface area (Å²) in [6.07, 6.45) is 3.04. The number of hydrogen-bond donors (Lipinski definition) is 1. The summed E-state index contributed by atoms with van der Waals surface area (Å²) < 4.78 is 1.98. The number of aromatic nitrogens is 3. The molecule has 0 amide bonds. The molecular weight excluding hydrogens is 232 g/mol. The van der Waals surface area contributed by atoms with Crippen LogP contribution in [0.3, 0.4) is 0 Å². The van der Waals surface area contributed by atoms with Gasteiger partial charge in [0.2, 0.25) is 0 Å². The van der Waals surface area contributed by atoms with Gasteiger partial charge in [-0.2, -0.15) is 11.8 Å². The lowest BCUT2D eigenvalue weighted by Gasteiger charge is -2.19. The Morgan fingerprint density at radius 3 is 2.76 bits per heavy atom. The van der Waals surface area contributed by atoms with E-state index in [2.05, 4.69) is 43.3 Å². The molecule has 1 rings (SSSR count). The molecule has 0 saturated heterocycles. The summed E-state index contributed by atoms with van der Waals surface area (Å²) in [6.45, 7) is 10.7. The molecule has 0 fully saturated rings. The van der Waals surface area contributed by atoms with Gasteiger partial charge in [-0.25, -0.2) is 4.68 Å². The second kappa shape index (κ2) is 7.71. The third kappa shape index (κ3) is 4.68. The van der Waals surface area contributed by atoms with Gasteiger partial charge >= 0.3 is 0 Å². The van der Waals surface area contributed by atoms with Crippen LogP contribution in [0.15, 0.2) is 6.20 Å². The molecule has 4 nitrogen and oxygen atoms in total. The van der Waals surface area contributed by atoms with Crippen molar-refractivity contribution in [2.75, 3.05) is 12.3 Å². The monoisotopic (exact) mass is 256 g/mol. The second-order valence-corrected chi connectivity index (χ2v) is 5.97. The summed E-state index contributed by atoms with van der Waals surface area (Å²) in [4.78, 5) is 0. The van der Waals surface area contributed by atoms with E-state index in [9.17, 15) is 0 Å². The van der Waals surface area contributed by atoms with Crippen LogP contribution in [-0.4, -0.2) is 32.5 Å². The molecule has 0 radical (unpaired) electrons. The molecule has 0 saturated carbocycles. The SMILES string of the molecule is CCCNC(CSC(C)C)c1cnnn1CC. The zero-order valence-corrected chi connectivity index (χ0v) is 12.1. The van der Waals surface area contributed by atoms with Crippen LogP contribution in [0, 0.1) is 0 Å². The Hall–Kier alpha value is -0.550. The Balaban J connectivity index is 2.67. The maximum Gasteiger partial charge on any atom is 0.0764 e. The second-order valence-electron chi connectivity index (χ2n) is 4.36. The first-order valence-electron chi connectivity index (χ1n) is 6.42. The number of aryl methyl sites for hydroxylation is 1. The summed E-state index contributed by atoms with van der Waals surface area (Å²) in [5.41, 5.74) is 1.20. The van der Waals surface area contributed by atoms with E-state index in [0.717, 1.165) is 25.3 Å². The quantitative estimate of drug-likeness (QED) is 0.776. The highest BCUT2D eigenvalue weighted by molar-refractivity contribution is 7.99. The third-order valence-electron chi connectivity index (χ3n) is 2.54. The molecule has 1 aromatic heterocycles. The van der Waals surface area contributed by atoms with Crippen molar-refractivity contribution >= 4 is 11.8 Å². The van der Waals surface area contributed by atoms with Gasteiger partial charge in [-0.05, 0) is 25.1 Å². The molecule has 0 bridgehead atoms. The maximum atomic E-state index is 4.11. The van der Waals surface area contributed by atoms with E-state index in [1.54, 1.807) is 0 Å². The number of nitrogens with zero attached hydrogens (tertiary/aromatic N) is 3. The summed E-state index contributed by atoms with van der Waals surface area (Å²) in [7, 11) is 0. The smallest absolute Gasteiger partial charge is 0.0764 e. The molecule has 1 aromatic rings. The number of nitrogens with one attached hydrogen (secondary N) is 1. The van der Waals surface area contributed by atoms with Gasteiger partial charge in [0.05, 0.1) is 17.9 Å². The lowest BCUT2D eigenvalue weighted by atomic mass is 10.2. The minimum atomic E-state index is 0.359. The van der Waals surface area contributed by atoms with Gasteiger partial charge in [0.25, 0.3) is 0 Å². The van der Waals surface area contributed by atoms with Gasteiger partial charge in [-0.1, -0.05) is 26.0 Å². The molecule has 0 spiro atoms. The Morgan fingerprint density at radius 1 is 1.41 bits per heavy atom. The van der Waals surface area contributed by atoms with Crippen LogP contribution in [0.1, 0.15) is 45.9 Å². The first-order chi connectivity index (χ1) is 8.19. The average molecular weight is 256 g/mol. The molecule has 1 atom stereocenters. The molecule has 98 valence electrons. The van der Waals surface area contributed by atoms with Crippen LogP contribution < -0.4 is 5.32 Å². The summed E-state index contributed by atoms with van der Waals surface area (Å²) in [5.74, 6) is 1.07. The average Bonchev–Trinajstić information content (AvgIpc) is 2.77. The fourth-order valence-corrected chi connectivity index (χ4v) is 2.50. The van der Waals surface area contributed by atoms with E-state index in [4.69, 9.17) is 0 Å². The summed E-state index contributed by atoms with van der Waals surface area (Å²) in [6, 6.07) is 0.359. The van der Waals surface area contributed by atoms with E-state index in [1.165, 1.54) is 5.69 Å². The van der Waals surface area contributed by atoms with Crippen LogP contribution >= 0.6 is 11.8 Å². The summed E-state index contributed by atoms with van der Waals surface area (Å²) >= 11 is 1.98. The fraction of sp³-hybridized carbons (Fsp3) is 0.833. The molecule has 0 aliphatic carbocycles. The lowest BCUT2D eigenvalue weighted by molar-refractivity contribution is 0.509. The Morgan fingerprint density at radius 2 is 2.18 bits per heavy atom. The highest BCUT2D eigenvalue weighted by Gasteiger charge is 2.16. The van der Waals surface area contributed by atoms with Crippen molar-refractivity contribution in [3.05, 3.63) is 11.9 Å². The van der Waals surface area contributed by atoms with Crippen molar-refractivity contribution < 1.29 is 0 Å². The van der Waals surface area contributed by atoms with E-state index in [1.807, 2.05) is 22.6 Å². The zero-order chi connectivity index (χ0) is 12.7. The van der Waals surface area contributed by atoms with E-state index in [-0.39, 0.29) is 0 Å². The van der Waals surface area contributed by atoms with Gasteiger partial charge in [0.1, 0.15) is 0 Å². The van der Waals surface area contributed by atoms with Crippen LogP contribution in [0.25, 0.3) is 0 Å². The van der Waals surface area contributed by atoms with Gasteiger partial charge in [0.15, 0.2) is 0 Å². The molecule has 1 unspecified atom stereocenters. The van der Waals surface area contributed by atoms with E-state index < -0.39 is 0 Å². The zero-order valence-electron chi connectivity index (χ0n) is 11.3. The molecule has 1 N–H and O–H groups in total. The minimum Gasteiger partial charge on any atom is -0.308 e. The normalized spacial score (nSPS) is 13.2. The van der Waals surface area contributed by atoms with Crippen molar-refractivity contribution in [2.24, 2.45) is 0 Å². The highest BCUT2D eigenvalue weighted by Crippen LogP contribution is 2.20. The molecule has 1 heterocycles. The number of rotatable bonds is 8. The first-order valence-corrected chi connectivity index (χ1v) is 7.47. The van der Waals surface area contributed by atoms with Gasteiger partial charge in [-0.15, -0.1) is 5.10 Å². The largest absolute Gasteiger partial charge is 0.308 e. The van der Waals surface area contributed by atoms with Crippen molar-refractivity contribution in [3.8, 4) is 0 Å². The van der Waals surface area contributed by atoms with E-state index >= 15 is 0 Å². The molecule has 0 aliphatic rings. The van der Waals surface area contributed by atoms with Crippen LogP contribution in [0.2, 0.25) is 0 Å². The first kappa shape index (κ1) is 14.5.